The van der Waals surface area contributed by atoms with Gasteiger partial charge in [-0.05, 0) is 48.6 Å². The van der Waals surface area contributed by atoms with E-state index in [0.717, 1.165) is 24.3 Å². The van der Waals surface area contributed by atoms with E-state index in [4.69, 9.17) is 17.3 Å². The van der Waals surface area contributed by atoms with Gasteiger partial charge in [-0.1, -0.05) is 6.42 Å². The van der Waals surface area contributed by atoms with Crippen LogP contribution in [0.25, 0.3) is 0 Å². The molecule has 17 heavy (non-hydrogen) atoms. The topological polar surface area (TPSA) is 76.7 Å². The smallest absolute Gasteiger partial charge is 0.228 e. The molecule has 2 fully saturated rings. The molecule has 92 valence electrons. The molecule has 0 aromatic carbocycles. The Bertz CT molecular complexity index is 404. The average molecular weight is 254 g/mol. The van der Waals surface area contributed by atoms with Gasteiger partial charge in [0.15, 0.2) is 0 Å². The maximum absolute atomic E-state index is 5.73. The molecule has 0 spiro atoms. The number of rotatable bonds is 3. The third-order valence-electron chi connectivity index (χ3n) is 4.03. The highest BCUT2D eigenvalue weighted by atomic mass is 35.5. The van der Waals surface area contributed by atoms with Gasteiger partial charge in [0.2, 0.25) is 17.2 Å². The summed E-state index contributed by atoms with van der Waals surface area (Å²) in [4.78, 5) is 11.8. The first-order chi connectivity index (χ1) is 8.20. The first kappa shape index (κ1) is 11.0. The molecule has 2 aliphatic rings. The van der Waals surface area contributed by atoms with Crippen molar-refractivity contribution in [3.8, 4) is 0 Å². The van der Waals surface area contributed by atoms with Crippen LogP contribution in [0.5, 0.6) is 0 Å². The van der Waals surface area contributed by atoms with E-state index in [1.54, 1.807) is 0 Å². The molecule has 1 aromatic rings. The number of aromatic nitrogens is 3. The lowest BCUT2D eigenvalue weighted by Crippen LogP contribution is -2.21. The van der Waals surface area contributed by atoms with Crippen molar-refractivity contribution < 1.29 is 0 Å². The molecule has 2 aliphatic carbocycles. The fourth-order valence-electron chi connectivity index (χ4n) is 3.29. The van der Waals surface area contributed by atoms with E-state index < -0.39 is 0 Å². The molecule has 3 atom stereocenters. The van der Waals surface area contributed by atoms with E-state index in [9.17, 15) is 0 Å². The molecule has 0 radical (unpaired) electrons. The van der Waals surface area contributed by atoms with E-state index in [1.165, 1.54) is 25.7 Å². The van der Waals surface area contributed by atoms with E-state index >= 15 is 0 Å². The predicted molar refractivity (Wildman–Crippen MR) is 66.7 cm³/mol. The Hall–Kier alpha value is -1.10. The lowest BCUT2D eigenvalue weighted by atomic mass is 9.89. The fraction of sp³-hybridized carbons (Fsp3) is 0.727. The van der Waals surface area contributed by atoms with Crippen molar-refractivity contribution in [2.45, 2.75) is 25.7 Å². The minimum atomic E-state index is 0.146. The van der Waals surface area contributed by atoms with Gasteiger partial charge in [0.05, 0.1) is 0 Å². The molecule has 6 heteroatoms. The fourth-order valence-corrected chi connectivity index (χ4v) is 3.46. The Labute approximate surface area is 105 Å². The highest BCUT2D eigenvalue weighted by Crippen LogP contribution is 2.48. The lowest BCUT2D eigenvalue weighted by Gasteiger charge is -2.21. The van der Waals surface area contributed by atoms with E-state index in [0.29, 0.717) is 5.95 Å². The maximum Gasteiger partial charge on any atom is 0.228 e. The average Bonchev–Trinajstić information content (AvgIpc) is 2.86. The number of nitrogens with one attached hydrogen (secondary N) is 1. The number of nitrogens with two attached hydrogens (primary N) is 1. The van der Waals surface area contributed by atoms with Gasteiger partial charge in [0.25, 0.3) is 0 Å². The molecule has 3 unspecified atom stereocenters. The summed E-state index contributed by atoms with van der Waals surface area (Å²) in [7, 11) is 0. The Balaban J connectivity index is 1.60. The minimum absolute atomic E-state index is 0.146. The number of nitrogen functional groups attached to an aromatic ring is 1. The van der Waals surface area contributed by atoms with Crippen molar-refractivity contribution in [1.29, 1.82) is 0 Å². The summed E-state index contributed by atoms with van der Waals surface area (Å²) in [5, 5.41) is 3.37. The van der Waals surface area contributed by atoms with Crippen LogP contribution in [0.2, 0.25) is 5.28 Å². The summed E-state index contributed by atoms with van der Waals surface area (Å²) in [5.41, 5.74) is 5.52. The highest BCUT2D eigenvalue weighted by Gasteiger charge is 2.39. The number of halogens is 1. The SMILES string of the molecule is Nc1nc(Cl)nc(NCC2CC3CCC2C3)n1. The first-order valence-corrected chi connectivity index (χ1v) is 6.49. The summed E-state index contributed by atoms with van der Waals surface area (Å²) in [5.74, 6) is 3.26. The van der Waals surface area contributed by atoms with Gasteiger partial charge in [-0.25, -0.2) is 0 Å². The van der Waals surface area contributed by atoms with Gasteiger partial charge in [0.1, 0.15) is 0 Å². The summed E-state index contributed by atoms with van der Waals surface area (Å²) in [6, 6.07) is 0. The zero-order chi connectivity index (χ0) is 11.8. The van der Waals surface area contributed by atoms with E-state index in [2.05, 4.69) is 20.3 Å². The van der Waals surface area contributed by atoms with Gasteiger partial charge in [-0.15, -0.1) is 0 Å². The van der Waals surface area contributed by atoms with Crippen molar-refractivity contribution in [2.75, 3.05) is 17.6 Å². The number of hydrogen-bond acceptors (Lipinski definition) is 5. The number of hydrogen-bond donors (Lipinski definition) is 2. The van der Waals surface area contributed by atoms with E-state index in [1.807, 2.05) is 0 Å². The molecule has 1 heterocycles. The van der Waals surface area contributed by atoms with Crippen molar-refractivity contribution in [3.63, 3.8) is 0 Å². The zero-order valence-electron chi connectivity index (χ0n) is 9.56. The predicted octanol–water partition coefficient (Wildman–Crippen LogP) is 1.96. The molecule has 3 N–H and O–H groups in total. The summed E-state index contributed by atoms with van der Waals surface area (Å²) < 4.78 is 0. The summed E-state index contributed by atoms with van der Waals surface area (Å²) in [6.07, 6.45) is 5.56. The molecule has 0 aliphatic heterocycles. The summed E-state index contributed by atoms with van der Waals surface area (Å²) >= 11 is 5.73. The van der Waals surface area contributed by atoms with Crippen LogP contribution in [0, 0.1) is 17.8 Å². The molecule has 2 bridgehead atoms. The van der Waals surface area contributed by atoms with Crippen molar-refractivity contribution in [2.24, 2.45) is 17.8 Å². The van der Waals surface area contributed by atoms with Crippen LogP contribution in [-0.2, 0) is 0 Å². The molecular weight excluding hydrogens is 238 g/mol. The molecule has 0 amide bonds. The van der Waals surface area contributed by atoms with Crippen LogP contribution in [0.4, 0.5) is 11.9 Å². The Morgan fingerprint density at radius 3 is 2.76 bits per heavy atom. The van der Waals surface area contributed by atoms with Crippen molar-refractivity contribution >= 4 is 23.5 Å². The molecular formula is C11H16ClN5. The Morgan fingerprint density at radius 2 is 2.12 bits per heavy atom. The lowest BCUT2D eigenvalue weighted by molar-refractivity contribution is 0.348. The van der Waals surface area contributed by atoms with Crippen LogP contribution in [0.15, 0.2) is 0 Å². The second-order valence-corrected chi connectivity index (χ2v) is 5.44. The third-order valence-corrected chi connectivity index (χ3v) is 4.20. The zero-order valence-corrected chi connectivity index (χ0v) is 10.3. The molecule has 2 saturated carbocycles. The number of fused-ring (bicyclic) bond motifs is 2. The van der Waals surface area contributed by atoms with Crippen LogP contribution in [0.3, 0.4) is 0 Å². The monoisotopic (exact) mass is 253 g/mol. The highest BCUT2D eigenvalue weighted by molar-refractivity contribution is 6.28. The van der Waals surface area contributed by atoms with E-state index in [-0.39, 0.29) is 11.2 Å². The van der Waals surface area contributed by atoms with Crippen LogP contribution >= 0.6 is 11.6 Å². The third kappa shape index (κ3) is 2.29. The van der Waals surface area contributed by atoms with Gasteiger partial charge < -0.3 is 11.1 Å². The molecule has 0 saturated heterocycles. The Kier molecular flexibility index (Phi) is 2.78. The second-order valence-electron chi connectivity index (χ2n) is 5.10. The number of anilines is 2. The van der Waals surface area contributed by atoms with Gasteiger partial charge in [-0.2, -0.15) is 15.0 Å². The van der Waals surface area contributed by atoms with Crippen LogP contribution < -0.4 is 11.1 Å². The minimum Gasteiger partial charge on any atom is -0.368 e. The molecule has 5 nitrogen and oxygen atoms in total. The van der Waals surface area contributed by atoms with Crippen LogP contribution in [0.1, 0.15) is 25.7 Å². The molecule has 3 rings (SSSR count). The van der Waals surface area contributed by atoms with Crippen LogP contribution in [-0.4, -0.2) is 21.5 Å². The van der Waals surface area contributed by atoms with Crippen molar-refractivity contribution in [3.05, 3.63) is 5.28 Å². The first-order valence-electron chi connectivity index (χ1n) is 6.11. The maximum atomic E-state index is 5.73. The van der Waals surface area contributed by atoms with Gasteiger partial charge >= 0.3 is 0 Å². The summed E-state index contributed by atoms with van der Waals surface area (Å²) in [6.45, 7) is 0.918. The largest absolute Gasteiger partial charge is 0.368 e. The Morgan fingerprint density at radius 1 is 1.24 bits per heavy atom. The van der Waals surface area contributed by atoms with Crippen molar-refractivity contribution in [1.82, 2.24) is 15.0 Å². The number of nitrogens with zero attached hydrogens (tertiary/aromatic N) is 3. The normalized spacial score (nSPS) is 30.8. The quantitative estimate of drug-likeness (QED) is 0.861. The second kappa shape index (κ2) is 4.29. The van der Waals surface area contributed by atoms with Gasteiger partial charge in [0, 0.05) is 6.54 Å². The molecule has 1 aromatic heterocycles. The standard InChI is InChI=1S/C11H16ClN5/c12-9-15-10(13)17-11(16-9)14-5-8-4-6-1-2-7(8)3-6/h6-8H,1-5H2,(H3,13,14,15,16,17). The van der Waals surface area contributed by atoms with Gasteiger partial charge in [-0.3, -0.25) is 0 Å².